The van der Waals surface area contributed by atoms with Gasteiger partial charge in [0.05, 0.1) is 17.3 Å². The predicted octanol–water partition coefficient (Wildman–Crippen LogP) is 0.152. The fraction of sp³-hybridized carbons (Fsp3) is 0.684. The Balaban J connectivity index is 1.54. The molecule has 8 nitrogen and oxygen atoms in total. The van der Waals surface area contributed by atoms with Crippen LogP contribution in [0, 0.1) is 19.8 Å². The molecule has 1 aromatic rings. The third kappa shape index (κ3) is 4.55. The van der Waals surface area contributed by atoms with Gasteiger partial charge < -0.3 is 19.6 Å². The van der Waals surface area contributed by atoms with Crippen LogP contribution in [0.3, 0.4) is 0 Å². The molecule has 148 valence electrons. The Morgan fingerprint density at radius 2 is 1.93 bits per heavy atom. The van der Waals surface area contributed by atoms with Gasteiger partial charge in [-0.05, 0) is 27.9 Å². The second kappa shape index (κ2) is 8.21. The summed E-state index contributed by atoms with van der Waals surface area (Å²) in [4.78, 5) is 42.1. The van der Waals surface area contributed by atoms with Gasteiger partial charge in [0, 0.05) is 58.4 Å². The maximum absolute atomic E-state index is 12.9. The predicted molar refractivity (Wildman–Crippen MR) is 104 cm³/mol. The number of aromatic nitrogens is 2. The van der Waals surface area contributed by atoms with E-state index in [0.29, 0.717) is 32.6 Å². The standard InChI is InChI=1S/C19H30N6O2/c1-14-12-20-15(2)18(21-14)23-7-9-24(10-8-23)19(27)16-11-17(26)25(13-16)6-5-22(3)4/h12,16H,5-11,13H2,1-4H3/t16-/m0/s1. The van der Waals surface area contributed by atoms with Crippen LogP contribution >= 0.6 is 0 Å². The van der Waals surface area contributed by atoms with E-state index >= 15 is 0 Å². The smallest absolute Gasteiger partial charge is 0.228 e. The number of likely N-dealkylation sites (tertiary alicyclic amines) is 1. The molecule has 2 fully saturated rings. The van der Waals surface area contributed by atoms with E-state index in [-0.39, 0.29) is 17.7 Å². The van der Waals surface area contributed by atoms with Crippen LogP contribution in [0.4, 0.5) is 5.82 Å². The summed E-state index contributed by atoms with van der Waals surface area (Å²) < 4.78 is 0. The van der Waals surface area contributed by atoms with Gasteiger partial charge in [-0.15, -0.1) is 0 Å². The molecule has 3 heterocycles. The number of aryl methyl sites for hydroxylation is 2. The Morgan fingerprint density at radius 1 is 1.22 bits per heavy atom. The Bertz CT molecular complexity index is 699. The fourth-order valence-electron chi connectivity index (χ4n) is 3.70. The molecule has 3 rings (SSSR count). The lowest BCUT2D eigenvalue weighted by molar-refractivity contribution is -0.136. The first-order valence-corrected chi connectivity index (χ1v) is 9.61. The van der Waals surface area contributed by atoms with E-state index < -0.39 is 0 Å². The van der Waals surface area contributed by atoms with Gasteiger partial charge in [-0.2, -0.15) is 0 Å². The summed E-state index contributed by atoms with van der Waals surface area (Å²) in [6, 6.07) is 0. The number of carbonyl (C=O) groups is 2. The van der Waals surface area contributed by atoms with Crippen molar-refractivity contribution < 1.29 is 9.59 Å². The van der Waals surface area contributed by atoms with Crippen LogP contribution in [-0.2, 0) is 9.59 Å². The summed E-state index contributed by atoms with van der Waals surface area (Å²) in [7, 11) is 3.98. The number of nitrogens with zero attached hydrogens (tertiary/aromatic N) is 6. The molecule has 0 unspecified atom stereocenters. The minimum Gasteiger partial charge on any atom is -0.352 e. The van der Waals surface area contributed by atoms with Crippen LogP contribution in [0.15, 0.2) is 6.20 Å². The SMILES string of the molecule is Cc1cnc(C)c(N2CCN(C(=O)[C@H]3CC(=O)N(CCN(C)C)C3)CC2)n1. The number of hydrogen-bond donors (Lipinski definition) is 0. The lowest BCUT2D eigenvalue weighted by Gasteiger charge is -2.36. The van der Waals surface area contributed by atoms with Crippen molar-refractivity contribution in [3.05, 3.63) is 17.6 Å². The van der Waals surface area contributed by atoms with Crippen LogP contribution in [-0.4, -0.2) is 96.4 Å². The number of likely N-dealkylation sites (N-methyl/N-ethyl adjacent to an activating group) is 1. The van der Waals surface area contributed by atoms with E-state index in [1.54, 1.807) is 6.20 Å². The minimum atomic E-state index is -0.202. The van der Waals surface area contributed by atoms with Crippen molar-refractivity contribution in [2.24, 2.45) is 5.92 Å². The largest absolute Gasteiger partial charge is 0.352 e. The fourth-order valence-corrected chi connectivity index (χ4v) is 3.70. The van der Waals surface area contributed by atoms with Crippen LogP contribution in [0.5, 0.6) is 0 Å². The maximum Gasteiger partial charge on any atom is 0.228 e. The number of hydrogen-bond acceptors (Lipinski definition) is 6. The molecule has 2 saturated heterocycles. The average Bonchev–Trinajstić information content (AvgIpc) is 3.02. The molecule has 1 aromatic heterocycles. The van der Waals surface area contributed by atoms with E-state index in [0.717, 1.165) is 36.8 Å². The molecule has 0 spiro atoms. The van der Waals surface area contributed by atoms with Gasteiger partial charge >= 0.3 is 0 Å². The average molecular weight is 374 g/mol. The van der Waals surface area contributed by atoms with Gasteiger partial charge in [0.1, 0.15) is 5.82 Å². The molecule has 8 heteroatoms. The zero-order valence-electron chi connectivity index (χ0n) is 16.8. The van der Waals surface area contributed by atoms with Gasteiger partial charge in [0.15, 0.2) is 0 Å². The molecule has 0 bridgehead atoms. The van der Waals surface area contributed by atoms with Crippen molar-refractivity contribution in [3.63, 3.8) is 0 Å². The van der Waals surface area contributed by atoms with E-state index in [1.807, 2.05) is 37.7 Å². The lowest BCUT2D eigenvalue weighted by Crippen LogP contribution is -2.51. The second-order valence-electron chi connectivity index (χ2n) is 7.78. The Hall–Kier alpha value is -2.22. The summed E-state index contributed by atoms with van der Waals surface area (Å²) in [5.74, 6) is 0.918. The molecule has 1 atom stereocenters. The van der Waals surface area contributed by atoms with Crippen molar-refractivity contribution in [1.29, 1.82) is 0 Å². The molecular formula is C19H30N6O2. The number of anilines is 1. The monoisotopic (exact) mass is 374 g/mol. The van der Waals surface area contributed by atoms with Crippen molar-refractivity contribution in [2.45, 2.75) is 20.3 Å². The van der Waals surface area contributed by atoms with Gasteiger partial charge in [0.2, 0.25) is 11.8 Å². The lowest BCUT2D eigenvalue weighted by atomic mass is 10.1. The van der Waals surface area contributed by atoms with E-state index in [2.05, 4.69) is 19.8 Å². The van der Waals surface area contributed by atoms with Crippen LogP contribution in [0.25, 0.3) is 0 Å². The van der Waals surface area contributed by atoms with E-state index in [4.69, 9.17) is 0 Å². The minimum absolute atomic E-state index is 0.0968. The number of carbonyl (C=O) groups excluding carboxylic acids is 2. The van der Waals surface area contributed by atoms with Crippen molar-refractivity contribution >= 4 is 17.6 Å². The molecule has 0 aliphatic carbocycles. The summed E-state index contributed by atoms with van der Waals surface area (Å²) in [6.45, 7) is 8.78. The van der Waals surface area contributed by atoms with E-state index in [9.17, 15) is 9.59 Å². The molecule has 2 aliphatic heterocycles. The highest BCUT2D eigenvalue weighted by molar-refractivity contribution is 5.89. The van der Waals surface area contributed by atoms with Crippen molar-refractivity contribution in [2.75, 3.05) is 64.8 Å². The highest BCUT2D eigenvalue weighted by Crippen LogP contribution is 2.22. The summed E-state index contributed by atoms with van der Waals surface area (Å²) in [5, 5.41) is 0. The number of rotatable bonds is 5. The van der Waals surface area contributed by atoms with Crippen LogP contribution < -0.4 is 4.90 Å². The Labute approximate surface area is 161 Å². The number of piperazine rings is 1. The molecule has 0 saturated carbocycles. The third-order valence-corrected chi connectivity index (χ3v) is 5.32. The molecule has 0 N–H and O–H groups in total. The zero-order chi connectivity index (χ0) is 19.6. The summed E-state index contributed by atoms with van der Waals surface area (Å²) >= 11 is 0. The first kappa shape index (κ1) is 19.5. The quantitative estimate of drug-likeness (QED) is 0.731. The highest BCUT2D eigenvalue weighted by Gasteiger charge is 2.37. The van der Waals surface area contributed by atoms with Gasteiger partial charge in [-0.3, -0.25) is 14.6 Å². The first-order valence-electron chi connectivity index (χ1n) is 9.61. The first-order chi connectivity index (χ1) is 12.8. The topological polar surface area (TPSA) is 72.9 Å². The molecule has 27 heavy (non-hydrogen) atoms. The zero-order valence-corrected chi connectivity index (χ0v) is 16.8. The van der Waals surface area contributed by atoms with E-state index in [1.165, 1.54) is 0 Å². The van der Waals surface area contributed by atoms with Gasteiger partial charge in [-0.1, -0.05) is 0 Å². The van der Waals surface area contributed by atoms with Crippen molar-refractivity contribution in [3.8, 4) is 0 Å². The normalized spacial score (nSPS) is 20.7. The molecule has 0 aromatic carbocycles. The van der Waals surface area contributed by atoms with Crippen LogP contribution in [0.2, 0.25) is 0 Å². The molecule has 0 radical (unpaired) electrons. The van der Waals surface area contributed by atoms with Crippen LogP contribution in [0.1, 0.15) is 17.8 Å². The van der Waals surface area contributed by atoms with Gasteiger partial charge in [0.25, 0.3) is 0 Å². The molecule has 2 aliphatic rings. The second-order valence-corrected chi connectivity index (χ2v) is 7.78. The third-order valence-electron chi connectivity index (χ3n) is 5.32. The maximum atomic E-state index is 12.9. The number of amides is 2. The van der Waals surface area contributed by atoms with Gasteiger partial charge in [-0.25, -0.2) is 4.98 Å². The molecule has 2 amide bonds. The summed E-state index contributed by atoms with van der Waals surface area (Å²) in [5.41, 5.74) is 1.81. The van der Waals surface area contributed by atoms with Crippen molar-refractivity contribution in [1.82, 2.24) is 24.7 Å². The highest BCUT2D eigenvalue weighted by atomic mass is 16.2. The Morgan fingerprint density at radius 3 is 2.59 bits per heavy atom. The Kier molecular flexibility index (Phi) is 5.94. The molecular weight excluding hydrogens is 344 g/mol. The summed E-state index contributed by atoms with van der Waals surface area (Å²) in [6.07, 6.45) is 2.12.